The molecule has 0 radical (unpaired) electrons. The van der Waals surface area contributed by atoms with Gasteiger partial charge in [0.1, 0.15) is 6.26 Å². The Labute approximate surface area is 195 Å². The van der Waals surface area contributed by atoms with Gasteiger partial charge < -0.3 is 24.4 Å². The van der Waals surface area contributed by atoms with E-state index in [9.17, 15) is 0 Å². The molecule has 2 aliphatic heterocycles. The van der Waals surface area contributed by atoms with Crippen molar-refractivity contribution in [1.29, 1.82) is 0 Å². The third kappa shape index (κ3) is 5.86. The zero-order chi connectivity index (χ0) is 19.9. The summed E-state index contributed by atoms with van der Waals surface area (Å²) in [5, 5.41) is 7.58. The lowest BCUT2D eigenvalue weighted by atomic mass is 10.1. The minimum Gasteiger partial charge on any atom is -0.378 e. The number of ether oxygens (including phenoxy) is 1. The Hall–Kier alpha value is -1.85. The van der Waals surface area contributed by atoms with E-state index in [1.807, 2.05) is 13.1 Å². The number of rotatable bonds is 5. The fourth-order valence-electron chi connectivity index (χ4n) is 3.95. The van der Waals surface area contributed by atoms with Gasteiger partial charge in [0.25, 0.3) is 0 Å². The molecular weight excluding hydrogens is 495 g/mol. The van der Waals surface area contributed by atoms with E-state index < -0.39 is 0 Å². The molecule has 0 saturated carbocycles. The molecule has 0 amide bonds. The number of piperazine rings is 1. The minimum atomic E-state index is 0. The monoisotopic (exact) mass is 526 g/mol. The van der Waals surface area contributed by atoms with E-state index in [-0.39, 0.29) is 24.0 Å². The van der Waals surface area contributed by atoms with Crippen LogP contribution in [0.4, 0.5) is 5.69 Å². The smallest absolute Gasteiger partial charge is 0.194 e. The summed E-state index contributed by atoms with van der Waals surface area (Å²) in [5.41, 5.74) is 3.57. The predicted molar refractivity (Wildman–Crippen MR) is 128 cm³/mol. The highest BCUT2D eigenvalue weighted by atomic mass is 127. The number of hydrogen-bond acceptors (Lipinski definition) is 6. The van der Waals surface area contributed by atoms with Crippen molar-refractivity contribution >= 4 is 35.6 Å². The van der Waals surface area contributed by atoms with Crippen molar-refractivity contribution in [1.82, 2.24) is 20.3 Å². The van der Waals surface area contributed by atoms with Gasteiger partial charge in [0.2, 0.25) is 0 Å². The van der Waals surface area contributed by atoms with Crippen LogP contribution in [-0.4, -0.2) is 80.4 Å². The first-order valence-corrected chi connectivity index (χ1v) is 10.3. The standard InChI is InChI=1S/C21H30N6O2.HI/c1-22-21(27-9-7-25(8-10-27)17-19-6-13-29-24-19)23-16-18-4-2-3-5-20(18)26-11-14-28-15-12-26;/h2-6,13H,7-12,14-17H2,1H3,(H,22,23);1H. The highest BCUT2D eigenvalue weighted by Gasteiger charge is 2.21. The van der Waals surface area contributed by atoms with Crippen molar-refractivity contribution in [3.05, 3.63) is 47.9 Å². The number of aromatic nitrogens is 1. The molecule has 2 fully saturated rings. The first-order valence-electron chi connectivity index (χ1n) is 10.3. The van der Waals surface area contributed by atoms with E-state index in [0.717, 1.165) is 77.2 Å². The Balaban J connectivity index is 0.00000256. The molecule has 0 aliphatic carbocycles. The SMILES string of the molecule is CN=C(NCc1ccccc1N1CCOCC1)N1CCN(Cc2ccon2)CC1.I. The summed E-state index contributed by atoms with van der Waals surface area (Å²) >= 11 is 0. The highest BCUT2D eigenvalue weighted by molar-refractivity contribution is 14.0. The van der Waals surface area contributed by atoms with E-state index in [0.29, 0.717) is 0 Å². The van der Waals surface area contributed by atoms with Gasteiger partial charge >= 0.3 is 0 Å². The molecule has 4 rings (SSSR count). The third-order valence-corrected chi connectivity index (χ3v) is 5.54. The molecule has 3 heterocycles. The van der Waals surface area contributed by atoms with Crippen LogP contribution in [0.2, 0.25) is 0 Å². The zero-order valence-corrected chi connectivity index (χ0v) is 19.8. The molecule has 0 unspecified atom stereocenters. The Morgan fingerprint density at radius 3 is 2.53 bits per heavy atom. The van der Waals surface area contributed by atoms with Crippen molar-refractivity contribution < 1.29 is 9.26 Å². The fourth-order valence-corrected chi connectivity index (χ4v) is 3.95. The summed E-state index contributed by atoms with van der Waals surface area (Å²) in [5.74, 6) is 0.961. The minimum absolute atomic E-state index is 0. The average Bonchev–Trinajstić information content (AvgIpc) is 3.29. The Morgan fingerprint density at radius 1 is 1.07 bits per heavy atom. The van der Waals surface area contributed by atoms with Crippen molar-refractivity contribution in [2.24, 2.45) is 4.99 Å². The molecule has 2 aromatic rings. The predicted octanol–water partition coefficient (Wildman–Crippen LogP) is 2.02. The third-order valence-electron chi connectivity index (χ3n) is 5.54. The zero-order valence-electron chi connectivity index (χ0n) is 17.5. The molecule has 0 bridgehead atoms. The van der Waals surface area contributed by atoms with Crippen LogP contribution in [0.5, 0.6) is 0 Å². The van der Waals surface area contributed by atoms with E-state index in [4.69, 9.17) is 9.26 Å². The largest absolute Gasteiger partial charge is 0.378 e. The summed E-state index contributed by atoms with van der Waals surface area (Å²) in [6, 6.07) is 10.5. The van der Waals surface area contributed by atoms with Crippen LogP contribution in [0, 0.1) is 0 Å². The Bertz CT molecular complexity index is 787. The number of para-hydroxylation sites is 1. The van der Waals surface area contributed by atoms with Gasteiger partial charge in [-0.15, -0.1) is 24.0 Å². The van der Waals surface area contributed by atoms with Gasteiger partial charge in [-0.3, -0.25) is 9.89 Å². The summed E-state index contributed by atoms with van der Waals surface area (Å²) in [7, 11) is 1.86. The molecule has 1 N–H and O–H groups in total. The van der Waals surface area contributed by atoms with Gasteiger partial charge in [-0.1, -0.05) is 23.4 Å². The lowest BCUT2D eigenvalue weighted by Gasteiger charge is -2.36. The van der Waals surface area contributed by atoms with Crippen molar-refractivity contribution in [3.8, 4) is 0 Å². The van der Waals surface area contributed by atoms with Gasteiger partial charge in [0.05, 0.1) is 18.9 Å². The first-order chi connectivity index (χ1) is 14.3. The molecule has 1 aromatic carbocycles. The summed E-state index contributed by atoms with van der Waals surface area (Å²) in [6.45, 7) is 8.94. The van der Waals surface area contributed by atoms with Gasteiger partial charge in [0, 0.05) is 71.2 Å². The Morgan fingerprint density at radius 2 is 1.83 bits per heavy atom. The number of benzene rings is 1. The lowest BCUT2D eigenvalue weighted by molar-refractivity contribution is 0.122. The number of nitrogens with zero attached hydrogens (tertiary/aromatic N) is 5. The number of nitrogens with one attached hydrogen (secondary N) is 1. The number of halogens is 1. The van der Waals surface area contributed by atoms with Gasteiger partial charge in [-0.25, -0.2) is 0 Å². The summed E-state index contributed by atoms with van der Waals surface area (Å²) in [6.07, 6.45) is 1.63. The first kappa shape index (κ1) is 22.8. The maximum Gasteiger partial charge on any atom is 0.194 e. The quantitative estimate of drug-likeness (QED) is 0.363. The average molecular weight is 526 g/mol. The van der Waals surface area contributed by atoms with Crippen LogP contribution in [-0.2, 0) is 17.8 Å². The van der Waals surface area contributed by atoms with Crippen LogP contribution in [0.3, 0.4) is 0 Å². The second-order valence-electron chi connectivity index (χ2n) is 7.38. The molecular formula is C21H31IN6O2. The van der Waals surface area contributed by atoms with Crippen LogP contribution < -0.4 is 10.2 Å². The molecule has 164 valence electrons. The molecule has 8 nitrogen and oxygen atoms in total. The van der Waals surface area contributed by atoms with Crippen molar-refractivity contribution in [2.45, 2.75) is 13.1 Å². The Kier molecular flexibility index (Phi) is 8.76. The number of hydrogen-bond donors (Lipinski definition) is 1. The normalized spacial score (nSPS) is 18.2. The van der Waals surface area contributed by atoms with Crippen LogP contribution in [0.1, 0.15) is 11.3 Å². The molecule has 0 spiro atoms. The van der Waals surface area contributed by atoms with E-state index in [1.54, 1.807) is 6.26 Å². The lowest BCUT2D eigenvalue weighted by Crippen LogP contribution is -2.52. The number of anilines is 1. The molecule has 2 aliphatic rings. The molecule has 0 atom stereocenters. The number of guanidine groups is 1. The van der Waals surface area contributed by atoms with Gasteiger partial charge in [0.15, 0.2) is 5.96 Å². The fraction of sp³-hybridized carbons (Fsp3) is 0.524. The molecule has 9 heteroatoms. The van der Waals surface area contributed by atoms with Crippen LogP contribution >= 0.6 is 24.0 Å². The topological polar surface area (TPSA) is 69.4 Å². The second kappa shape index (κ2) is 11.5. The maximum atomic E-state index is 5.50. The number of aliphatic imine (C=N–C) groups is 1. The van der Waals surface area contributed by atoms with Gasteiger partial charge in [-0.2, -0.15) is 0 Å². The molecule has 30 heavy (non-hydrogen) atoms. The highest BCUT2D eigenvalue weighted by Crippen LogP contribution is 2.21. The molecule has 2 saturated heterocycles. The molecule has 1 aromatic heterocycles. The van der Waals surface area contributed by atoms with Gasteiger partial charge in [-0.05, 0) is 11.6 Å². The van der Waals surface area contributed by atoms with E-state index in [2.05, 4.69) is 54.4 Å². The van der Waals surface area contributed by atoms with Crippen molar-refractivity contribution in [2.75, 3.05) is 64.4 Å². The van der Waals surface area contributed by atoms with E-state index >= 15 is 0 Å². The van der Waals surface area contributed by atoms with Crippen LogP contribution in [0.15, 0.2) is 46.1 Å². The number of morpholine rings is 1. The van der Waals surface area contributed by atoms with E-state index in [1.165, 1.54) is 11.3 Å². The second-order valence-corrected chi connectivity index (χ2v) is 7.38. The van der Waals surface area contributed by atoms with Crippen LogP contribution in [0.25, 0.3) is 0 Å². The van der Waals surface area contributed by atoms with Crippen molar-refractivity contribution in [3.63, 3.8) is 0 Å². The summed E-state index contributed by atoms with van der Waals surface area (Å²) in [4.78, 5) is 11.7. The summed E-state index contributed by atoms with van der Waals surface area (Å²) < 4.78 is 10.4. The maximum absolute atomic E-state index is 5.50.